The van der Waals surface area contributed by atoms with Crippen LogP contribution in [0.15, 0.2) is 48.5 Å². The van der Waals surface area contributed by atoms with Gasteiger partial charge in [0.2, 0.25) is 17.4 Å². The molecule has 1 amide bonds. The van der Waals surface area contributed by atoms with E-state index in [4.69, 9.17) is 23.7 Å². The van der Waals surface area contributed by atoms with Gasteiger partial charge in [0.15, 0.2) is 17.2 Å². The zero-order chi connectivity index (χ0) is 28.5. The molecule has 0 fully saturated rings. The number of amides is 1. The van der Waals surface area contributed by atoms with Crippen LogP contribution in [-0.2, 0) is 4.79 Å². The van der Waals surface area contributed by atoms with Crippen LogP contribution in [0.25, 0.3) is 18.2 Å². The van der Waals surface area contributed by atoms with Gasteiger partial charge in [-0.05, 0) is 53.1 Å². The van der Waals surface area contributed by atoms with Crippen molar-refractivity contribution in [3.05, 3.63) is 75.3 Å². The summed E-state index contributed by atoms with van der Waals surface area (Å²) in [5, 5.41) is 24.3. The van der Waals surface area contributed by atoms with Gasteiger partial charge in [0.05, 0.1) is 46.2 Å². The molecule has 3 aromatic rings. The second-order valence-electron chi connectivity index (χ2n) is 7.92. The molecule has 0 spiro atoms. The van der Waals surface area contributed by atoms with Gasteiger partial charge in [0.1, 0.15) is 5.75 Å². The first-order valence-electron chi connectivity index (χ1n) is 11.4. The van der Waals surface area contributed by atoms with Crippen molar-refractivity contribution in [2.45, 2.75) is 0 Å². The van der Waals surface area contributed by atoms with Crippen molar-refractivity contribution in [1.29, 1.82) is 0 Å². The third kappa shape index (κ3) is 6.77. The summed E-state index contributed by atoms with van der Waals surface area (Å²) >= 11 is 0. The molecule has 2 N–H and O–H groups in total. The maximum Gasteiger partial charge on any atom is 0.315 e. The summed E-state index contributed by atoms with van der Waals surface area (Å²) < 4.78 is 26.3. The summed E-state index contributed by atoms with van der Waals surface area (Å²) in [6, 6.07) is 11.0. The van der Waals surface area contributed by atoms with E-state index in [1.807, 2.05) is 6.08 Å². The summed E-state index contributed by atoms with van der Waals surface area (Å²) in [7, 11) is 7.23. The molecule has 0 aliphatic rings. The van der Waals surface area contributed by atoms with E-state index in [1.165, 1.54) is 65.9 Å². The largest absolute Gasteiger partial charge is 0.506 e. The van der Waals surface area contributed by atoms with Gasteiger partial charge in [-0.3, -0.25) is 14.9 Å². The van der Waals surface area contributed by atoms with E-state index < -0.39 is 10.8 Å². The van der Waals surface area contributed by atoms with Crippen LogP contribution in [0.3, 0.4) is 0 Å². The predicted octanol–water partition coefficient (Wildman–Crippen LogP) is 5.17. The first-order chi connectivity index (χ1) is 18.7. The van der Waals surface area contributed by atoms with Crippen LogP contribution < -0.4 is 29.0 Å². The Kier molecular flexibility index (Phi) is 9.36. The lowest BCUT2D eigenvalue weighted by atomic mass is 10.1. The molecular weight excluding hydrogens is 508 g/mol. The zero-order valence-electron chi connectivity index (χ0n) is 22.0. The number of methoxy groups -OCH3 is 5. The molecule has 0 bridgehead atoms. The minimum Gasteiger partial charge on any atom is -0.506 e. The van der Waals surface area contributed by atoms with Gasteiger partial charge in [0, 0.05) is 12.1 Å². The highest BCUT2D eigenvalue weighted by Crippen LogP contribution is 2.39. The molecule has 11 nitrogen and oxygen atoms in total. The smallest absolute Gasteiger partial charge is 0.315 e. The number of carbonyl (C=O) groups is 1. The minimum absolute atomic E-state index is 0.0228. The molecule has 0 saturated heterocycles. The molecule has 0 aliphatic carbocycles. The lowest BCUT2D eigenvalue weighted by Gasteiger charge is -2.12. The van der Waals surface area contributed by atoms with Gasteiger partial charge in [0.25, 0.3) is 0 Å². The first-order valence-corrected chi connectivity index (χ1v) is 11.4. The average molecular weight is 537 g/mol. The average Bonchev–Trinajstić information content (AvgIpc) is 2.94. The van der Waals surface area contributed by atoms with Gasteiger partial charge in [-0.25, -0.2) is 0 Å². The fourth-order valence-electron chi connectivity index (χ4n) is 3.69. The number of benzene rings is 3. The van der Waals surface area contributed by atoms with E-state index in [0.717, 1.165) is 5.56 Å². The van der Waals surface area contributed by atoms with Crippen molar-refractivity contribution in [3.8, 4) is 34.5 Å². The fraction of sp³-hybridized carbons (Fsp3) is 0.179. The zero-order valence-corrected chi connectivity index (χ0v) is 22.0. The van der Waals surface area contributed by atoms with Crippen LogP contribution in [0.5, 0.6) is 34.5 Å². The van der Waals surface area contributed by atoms with Gasteiger partial charge in [-0.2, -0.15) is 0 Å². The van der Waals surface area contributed by atoms with Gasteiger partial charge in [-0.1, -0.05) is 18.2 Å². The number of phenols is 1. The Morgan fingerprint density at radius 1 is 0.769 bits per heavy atom. The van der Waals surface area contributed by atoms with E-state index in [2.05, 4.69) is 5.32 Å². The van der Waals surface area contributed by atoms with E-state index in [-0.39, 0.29) is 28.6 Å². The number of anilines is 1. The minimum atomic E-state index is -0.603. The fourth-order valence-corrected chi connectivity index (χ4v) is 3.69. The third-order valence-corrected chi connectivity index (χ3v) is 5.54. The Bertz CT molecular complexity index is 1410. The number of aromatic hydroxyl groups is 1. The lowest BCUT2D eigenvalue weighted by molar-refractivity contribution is -0.385. The Morgan fingerprint density at radius 3 is 1.85 bits per heavy atom. The maximum atomic E-state index is 12.6. The highest BCUT2D eigenvalue weighted by molar-refractivity contribution is 6.03. The van der Waals surface area contributed by atoms with Crippen LogP contribution in [0.2, 0.25) is 0 Å². The molecule has 204 valence electrons. The van der Waals surface area contributed by atoms with Gasteiger partial charge >= 0.3 is 5.69 Å². The van der Waals surface area contributed by atoms with E-state index in [1.54, 1.807) is 30.3 Å². The Labute approximate surface area is 225 Å². The number of hydrogen-bond donors (Lipinski definition) is 2. The SMILES string of the molecule is COc1cc(/C=C/c2ccc(O)c(NC(=O)/C=C/c3cc(OC)c(OC)c([N+](=O)[O-])c3)c2)cc(OC)c1OC. The molecular formula is C28H28N2O9. The summed E-state index contributed by atoms with van der Waals surface area (Å²) in [5.74, 6) is 0.907. The normalized spacial score (nSPS) is 10.9. The van der Waals surface area contributed by atoms with Crippen LogP contribution in [0.4, 0.5) is 11.4 Å². The number of nitrogens with one attached hydrogen (secondary N) is 1. The molecule has 3 rings (SSSR count). The van der Waals surface area contributed by atoms with Crippen LogP contribution in [0, 0.1) is 10.1 Å². The first kappa shape index (κ1) is 28.4. The molecule has 0 aromatic heterocycles. The topological polar surface area (TPSA) is 139 Å². The van der Waals surface area contributed by atoms with Crippen LogP contribution >= 0.6 is 0 Å². The summed E-state index contributed by atoms with van der Waals surface area (Å²) in [6.07, 6.45) is 6.17. The van der Waals surface area contributed by atoms with Crippen molar-refractivity contribution in [3.63, 3.8) is 0 Å². The lowest BCUT2D eigenvalue weighted by Crippen LogP contribution is -2.08. The van der Waals surface area contributed by atoms with E-state index >= 15 is 0 Å². The number of rotatable bonds is 11. The number of phenolic OH excluding ortho intramolecular Hbond substituents is 1. The predicted molar refractivity (Wildman–Crippen MR) is 147 cm³/mol. The van der Waals surface area contributed by atoms with Crippen molar-refractivity contribution in [2.24, 2.45) is 0 Å². The van der Waals surface area contributed by atoms with Crippen molar-refractivity contribution in [2.75, 3.05) is 40.9 Å². The van der Waals surface area contributed by atoms with Crippen molar-refractivity contribution in [1.82, 2.24) is 0 Å². The standard InChI is InChI=1S/C28H28N2O9/c1-35-23-14-18(13-21(30(33)34)27(23)38-4)9-11-26(32)29-20-12-17(8-10-22(20)31)6-7-19-15-24(36-2)28(39-5)25(16-19)37-3/h6-16,31H,1-5H3,(H,29,32)/b7-6+,11-9+. The molecule has 0 radical (unpaired) electrons. The summed E-state index contributed by atoms with van der Waals surface area (Å²) in [4.78, 5) is 23.4. The number of ether oxygens (including phenoxy) is 5. The number of carbonyl (C=O) groups excluding carboxylic acids is 1. The van der Waals surface area contributed by atoms with E-state index in [9.17, 15) is 20.0 Å². The van der Waals surface area contributed by atoms with Crippen molar-refractivity contribution < 1.29 is 38.5 Å². The highest BCUT2D eigenvalue weighted by Gasteiger charge is 2.21. The molecule has 0 heterocycles. The molecule has 3 aromatic carbocycles. The Balaban J connectivity index is 1.81. The van der Waals surface area contributed by atoms with Crippen molar-refractivity contribution >= 4 is 35.5 Å². The van der Waals surface area contributed by atoms with Crippen LogP contribution in [0.1, 0.15) is 16.7 Å². The third-order valence-electron chi connectivity index (χ3n) is 5.54. The quantitative estimate of drug-likeness (QED) is 0.112. The molecule has 0 saturated carbocycles. The number of nitro groups is 1. The van der Waals surface area contributed by atoms with Crippen LogP contribution in [-0.4, -0.2) is 51.5 Å². The maximum absolute atomic E-state index is 12.6. The molecule has 11 heteroatoms. The number of hydrogen-bond acceptors (Lipinski definition) is 9. The number of nitrogens with zero attached hydrogens (tertiary/aromatic N) is 1. The molecule has 0 unspecified atom stereocenters. The second-order valence-corrected chi connectivity index (χ2v) is 7.92. The molecule has 0 aliphatic heterocycles. The monoisotopic (exact) mass is 536 g/mol. The van der Waals surface area contributed by atoms with E-state index in [0.29, 0.717) is 28.4 Å². The highest BCUT2D eigenvalue weighted by atomic mass is 16.6. The summed E-state index contributed by atoms with van der Waals surface area (Å²) in [6.45, 7) is 0. The Hall–Kier alpha value is -5.19. The second kappa shape index (κ2) is 12.9. The Morgan fingerprint density at radius 2 is 1.31 bits per heavy atom. The molecule has 0 atom stereocenters. The molecule has 39 heavy (non-hydrogen) atoms. The number of nitro benzene ring substituents is 1. The van der Waals surface area contributed by atoms with Gasteiger partial charge in [-0.15, -0.1) is 0 Å². The summed E-state index contributed by atoms with van der Waals surface area (Å²) in [5.41, 5.74) is 1.68. The van der Waals surface area contributed by atoms with Gasteiger partial charge < -0.3 is 34.1 Å².